The largest absolute Gasteiger partial charge is 0.366 e. The van der Waals surface area contributed by atoms with E-state index >= 15 is 0 Å². The second kappa shape index (κ2) is 17.9. The summed E-state index contributed by atoms with van der Waals surface area (Å²) in [5, 5.41) is 16.2. The molecule has 2 aliphatic rings. The Kier molecular flexibility index (Phi) is 12.4. The number of rotatable bonds is 12. The van der Waals surface area contributed by atoms with Crippen molar-refractivity contribution in [2.45, 2.75) is 111 Å². The lowest BCUT2D eigenvalue weighted by Crippen LogP contribution is -2.30. The normalized spacial score (nSPS) is 14.4. The Morgan fingerprint density at radius 2 is 1.23 bits per heavy atom. The van der Waals surface area contributed by atoms with Gasteiger partial charge < -0.3 is 15.5 Å². The molecule has 0 amide bonds. The third kappa shape index (κ3) is 8.93. The molecule has 0 bridgehead atoms. The number of nitrogens with zero attached hydrogens (tertiary/aromatic N) is 9. The van der Waals surface area contributed by atoms with Gasteiger partial charge in [-0.05, 0) is 85.6 Å². The summed E-state index contributed by atoms with van der Waals surface area (Å²) in [7, 11) is 0. The zero-order valence-electron chi connectivity index (χ0n) is 34.0. The van der Waals surface area contributed by atoms with Crippen molar-refractivity contribution < 1.29 is 0 Å². The van der Waals surface area contributed by atoms with E-state index in [1.54, 1.807) is 0 Å². The lowest BCUT2D eigenvalue weighted by atomic mass is 10.0. The minimum atomic E-state index is 0.442. The summed E-state index contributed by atoms with van der Waals surface area (Å²) in [4.78, 5) is 21.4. The van der Waals surface area contributed by atoms with Crippen LogP contribution in [0, 0.1) is 0 Å². The summed E-state index contributed by atoms with van der Waals surface area (Å²) in [6.45, 7) is 16.5. The van der Waals surface area contributed by atoms with E-state index in [4.69, 9.17) is 9.97 Å². The van der Waals surface area contributed by atoms with Crippen LogP contribution in [0.4, 0.5) is 17.5 Å². The second-order valence-electron chi connectivity index (χ2n) is 15.4. The van der Waals surface area contributed by atoms with Crippen LogP contribution in [-0.2, 0) is 25.9 Å². The molecule has 6 aromatic rings. The number of fused-ring (bicyclic) bond motifs is 2. The molecule has 11 heteroatoms. The van der Waals surface area contributed by atoms with Gasteiger partial charge in [0.2, 0.25) is 0 Å². The fraction of sp³-hybridized carbons (Fsp3) is 0.422. The van der Waals surface area contributed by atoms with E-state index in [2.05, 4.69) is 132 Å². The molecule has 0 spiro atoms. The minimum Gasteiger partial charge on any atom is -0.366 e. The van der Waals surface area contributed by atoms with Crippen LogP contribution in [0.15, 0.2) is 79.4 Å². The molecule has 2 N–H and O–H groups in total. The van der Waals surface area contributed by atoms with E-state index in [9.17, 15) is 0 Å². The predicted octanol–water partition coefficient (Wildman–Crippen LogP) is 9.57. The first kappa shape index (κ1) is 38.7. The smallest absolute Gasteiger partial charge is 0.162 e. The van der Waals surface area contributed by atoms with Gasteiger partial charge in [-0.15, -0.1) is 0 Å². The van der Waals surface area contributed by atoms with Crippen LogP contribution in [0.5, 0.6) is 0 Å². The summed E-state index contributed by atoms with van der Waals surface area (Å²) in [6, 6.07) is 12.8. The molecule has 0 aromatic carbocycles. The fourth-order valence-corrected chi connectivity index (χ4v) is 7.14. The second-order valence-corrected chi connectivity index (χ2v) is 15.4. The molecule has 11 nitrogen and oxygen atoms in total. The van der Waals surface area contributed by atoms with Crippen molar-refractivity contribution in [2.75, 3.05) is 28.6 Å². The van der Waals surface area contributed by atoms with Crippen LogP contribution < -0.4 is 15.5 Å². The molecule has 1 aliphatic carbocycles. The first-order valence-corrected chi connectivity index (χ1v) is 20.6. The van der Waals surface area contributed by atoms with E-state index in [1.165, 1.54) is 30.4 Å². The van der Waals surface area contributed by atoms with Crippen LogP contribution in [0.25, 0.3) is 16.9 Å². The third-order valence-electron chi connectivity index (χ3n) is 10.6. The Bertz CT molecular complexity index is 2270. The van der Waals surface area contributed by atoms with Crippen molar-refractivity contribution in [3.05, 3.63) is 119 Å². The number of piperidine rings is 1. The van der Waals surface area contributed by atoms with Crippen LogP contribution in [0.3, 0.4) is 0 Å². The Morgan fingerprint density at radius 1 is 0.661 bits per heavy atom. The molecule has 1 saturated heterocycles. The zero-order chi connectivity index (χ0) is 39.0. The zero-order valence-corrected chi connectivity index (χ0v) is 34.0. The van der Waals surface area contributed by atoms with Crippen molar-refractivity contribution in [2.24, 2.45) is 0 Å². The number of hydrogen-bond acceptors (Lipinski definition) is 9. The van der Waals surface area contributed by atoms with Gasteiger partial charge in [-0.2, -0.15) is 19.2 Å². The summed E-state index contributed by atoms with van der Waals surface area (Å²) in [6.07, 6.45) is 22.2. The molecule has 8 rings (SSSR count). The van der Waals surface area contributed by atoms with E-state index in [-0.39, 0.29) is 0 Å². The third-order valence-corrected chi connectivity index (χ3v) is 10.6. The standard InChI is InChI=1S/C23H27N5.C22H30N6/c1-4-18-15-26-28-22(25-14-17-10-11-20(16(2)3)24-13-17)12-21(27-23(18)28)19-8-6-5-7-9-19;1-4-18-15-25-28-20(24-14-17-8-9-19(16(2)3)23-13-17)12-21(26-22(18)28)27-10-6-5-7-11-27/h6,8-13,15-16,25H,4-5,7,14H2,1-3H3;8-9,12-13,15-16,24H,4-7,10-11,14H2,1-3H3. The summed E-state index contributed by atoms with van der Waals surface area (Å²) < 4.78 is 3.84. The highest BCUT2D eigenvalue weighted by Gasteiger charge is 2.18. The van der Waals surface area contributed by atoms with Crippen LogP contribution >= 0.6 is 0 Å². The molecule has 292 valence electrons. The molecule has 0 atom stereocenters. The maximum atomic E-state index is 4.95. The first-order chi connectivity index (χ1) is 27.3. The molecular formula is C45H57N11. The van der Waals surface area contributed by atoms with E-state index < -0.39 is 0 Å². The molecule has 7 heterocycles. The van der Waals surface area contributed by atoms with Crippen LogP contribution in [-0.4, -0.2) is 52.3 Å². The maximum absolute atomic E-state index is 4.95. The Morgan fingerprint density at radius 3 is 1.73 bits per heavy atom. The maximum Gasteiger partial charge on any atom is 0.162 e. The Labute approximate surface area is 331 Å². The lowest BCUT2D eigenvalue weighted by Gasteiger charge is -2.28. The number of allylic oxidation sites excluding steroid dienone is 4. The van der Waals surface area contributed by atoms with Crippen molar-refractivity contribution in [3.8, 4) is 0 Å². The highest BCUT2D eigenvalue weighted by atomic mass is 15.3. The highest BCUT2D eigenvalue weighted by Crippen LogP contribution is 2.27. The minimum absolute atomic E-state index is 0.442. The van der Waals surface area contributed by atoms with Gasteiger partial charge >= 0.3 is 0 Å². The van der Waals surface area contributed by atoms with Crippen molar-refractivity contribution >= 4 is 34.3 Å². The van der Waals surface area contributed by atoms with Gasteiger partial charge in [0.25, 0.3) is 0 Å². The lowest BCUT2D eigenvalue weighted by molar-refractivity contribution is 0.573. The number of hydrogen-bond donors (Lipinski definition) is 2. The summed E-state index contributed by atoms with van der Waals surface area (Å²) in [5.74, 6) is 3.88. The van der Waals surface area contributed by atoms with Crippen molar-refractivity contribution in [1.82, 2.24) is 39.2 Å². The van der Waals surface area contributed by atoms with Crippen LogP contribution in [0.1, 0.15) is 125 Å². The van der Waals surface area contributed by atoms with Gasteiger partial charge in [0, 0.05) is 73.2 Å². The Balaban J connectivity index is 0.000000172. The number of pyridine rings is 2. The van der Waals surface area contributed by atoms with Gasteiger partial charge in [-0.1, -0.05) is 71.9 Å². The van der Waals surface area contributed by atoms with Gasteiger partial charge in [0.05, 0.1) is 18.1 Å². The van der Waals surface area contributed by atoms with Gasteiger partial charge in [0.15, 0.2) is 11.3 Å². The number of aromatic nitrogens is 8. The summed E-state index contributed by atoms with van der Waals surface area (Å²) >= 11 is 0. The molecule has 0 unspecified atom stereocenters. The van der Waals surface area contributed by atoms with Crippen molar-refractivity contribution in [1.29, 1.82) is 0 Å². The van der Waals surface area contributed by atoms with Crippen LogP contribution in [0.2, 0.25) is 0 Å². The first-order valence-electron chi connectivity index (χ1n) is 20.6. The fourth-order valence-electron chi connectivity index (χ4n) is 7.14. The van der Waals surface area contributed by atoms with Gasteiger partial charge in [-0.25, -0.2) is 9.97 Å². The molecule has 1 aliphatic heterocycles. The number of anilines is 3. The topological polar surface area (TPSA) is 113 Å². The van der Waals surface area contributed by atoms with E-state index in [0.29, 0.717) is 24.9 Å². The van der Waals surface area contributed by atoms with E-state index in [1.807, 2.05) is 33.8 Å². The average molecular weight is 752 g/mol. The average Bonchev–Trinajstić information content (AvgIpc) is 3.87. The highest BCUT2D eigenvalue weighted by molar-refractivity contribution is 5.75. The van der Waals surface area contributed by atoms with Crippen molar-refractivity contribution in [3.63, 3.8) is 0 Å². The van der Waals surface area contributed by atoms with Gasteiger partial charge in [-0.3, -0.25) is 9.97 Å². The quantitative estimate of drug-likeness (QED) is 0.126. The number of aryl methyl sites for hydroxylation is 2. The molecular weight excluding hydrogens is 695 g/mol. The molecule has 56 heavy (non-hydrogen) atoms. The molecule has 0 saturated carbocycles. The number of nitrogens with one attached hydrogen (secondary N) is 2. The SMILES string of the molecule is CCc1cnn2c(NCc3ccc(C(C)C)nc3)cc(C3=CCCC=C3)nc12.CCc1cnn2c(NCc3ccc(C(C)C)nc3)cc(N3CCCCC3)nc12. The van der Waals surface area contributed by atoms with E-state index in [0.717, 1.165) is 101 Å². The Hall–Kier alpha value is -5.58. The summed E-state index contributed by atoms with van der Waals surface area (Å²) in [5.41, 5.74) is 11.0. The monoisotopic (exact) mass is 751 g/mol. The molecule has 1 fully saturated rings. The predicted molar refractivity (Wildman–Crippen MR) is 228 cm³/mol. The molecule has 6 aromatic heterocycles. The molecule has 0 radical (unpaired) electrons. The van der Waals surface area contributed by atoms with Gasteiger partial charge in [0.1, 0.15) is 17.5 Å².